The number of anilines is 1. The van der Waals surface area contributed by atoms with E-state index in [-0.39, 0.29) is 24.5 Å². The maximum absolute atomic E-state index is 13.4. The van der Waals surface area contributed by atoms with Gasteiger partial charge in [0, 0.05) is 12.4 Å². The lowest BCUT2D eigenvalue weighted by Crippen LogP contribution is -3.12. The Morgan fingerprint density at radius 3 is 2.55 bits per heavy atom. The summed E-state index contributed by atoms with van der Waals surface area (Å²) in [5.41, 5.74) is 0.332. The van der Waals surface area contributed by atoms with Crippen molar-refractivity contribution < 1.29 is 31.6 Å². The number of nitrogens with one attached hydrogen (secondary N) is 2. The fourth-order valence-electron chi connectivity index (χ4n) is 3.58. The topological polar surface area (TPSA) is 63.7 Å². The van der Waals surface area contributed by atoms with Crippen LogP contribution in [0, 0.1) is 0 Å². The largest absolute Gasteiger partial charge is 0.417 e. The van der Waals surface area contributed by atoms with Gasteiger partial charge in [0.15, 0.2) is 0 Å². The van der Waals surface area contributed by atoms with Gasteiger partial charge in [0.2, 0.25) is 5.82 Å². The average Bonchev–Trinajstić information content (AvgIpc) is 3.08. The van der Waals surface area contributed by atoms with E-state index in [1.165, 1.54) is 0 Å². The number of carbonyl (C=O) groups excluding carboxylic acids is 1. The lowest BCUT2D eigenvalue weighted by atomic mass is 10.1. The molecule has 3 aromatic rings. The Morgan fingerprint density at radius 1 is 1.16 bits per heavy atom. The number of piperidine rings is 1. The number of quaternary nitrogens is 1. The molecule has 31 heavy (non-hydrogen) atoms. The molecule has 1 saturated heterocycles. The second-order valence-electron chi connectivity index (χ2n) is 7.50. The van der Waals surface area contributed by atoms with Gasteiger partial charge in [-0.25, -0.2) is 18.7 Å². The van der Waals surface area contributed by atoms with Gasteiger partial charge in [-0.3, -0.25) is 9.20 Å². The van der Waals surface area contributed by atoms with Crippen molar-refractivity contribution in [2.24, 2.45) is 0 Å². The Kier molecular flexibility index (Phi) is 5.38. The summed E-state index contributed by atoms with van der Waals surface area (Å²) in [5.74, 6) is -3.29. The van der Waals surface area contributed by atoms with Gasteiger partial charge in [-0.1, -0.05) is 6.07 Å². The first-order valence-corrected chi connectivity index (χ1v) is 9.64. The van der Waals surface area contributed by atoms with Crippen LogP contribution in [0.25, 0.3) is 5.52 Å². The number of imidazole rings is 1. The first kappa shape index (κ1) is 21.2. The SMILES string of the molecule is O=C(Nc1ccc(C(F)(F)F)cn1)c1nc(C[NH+]2CCC(F)(F)CC2)c2ccccn12. The molecule has 1 amide bonds. The van der Waals surface area contributed by atoms with Gasteiger partial charge >= 0.3 is 6.18 Å². The van der Waals surface area contributed by atoms with Crippen LogP contribution < -0.4 is 10.2 Å². The van der Waals surface area contributed by atoms with Crippen molar-refractivity contribution in [3.63, 3.8) is 0 Å². The predicted molar refractivity (Wildman–Crippen MR) is 101 cm³/mol. The molecule has 0 spiro atoms. The van der Waals surface area contributed by atoms with Crippen molar-refractivity contribution in [1.29, 1.82) is 0 Å². The number of likely N-dealkylation sites (tertiary alicyclic amines) is 1. The van der Waals surface area contributed by atoms with E-state index in [0.29, 0.717) is 37.0 Å². The summed E-state index contributed by atoms with van der Waals surface area (Å²) in [5, 5.41) is 2.45. The molecule has 11 heteroatoms. The van der Waals surface area contributed by atoms with Gasteiger partial charge < -0.3 is 10.2 Å². The molecule has 0 radical (unpaired) electrons. The third-order valence-electron chi connectivity index (χ3n) is 5.27. The van der Waals surface area contributed by atoms with Gasteiger partial charge in [0.1, 0.15) is 18.1 Å². The highest BCUT2D eigenvalue weighted by Gasteiger charge is 2.37. The number of halogens is 5. The lowest BCUT2D eigenvalue weighted by Gasteiger charge is -2.28. The number of aromatic nitrogens is 3. The van der Waals surface area contributed by atoms with E-state index in [9.17, 15) is 26.7 Å². The molecule has 0 aromatic carbocycles. The zero-order valence-electron chi connectivity index (χ0n) is 16.2. The van der Waals surface area contributed by atoms with E-state index in [4.69, 9.17) is 0 Å². The first-order chi connectivity index (χ1) is 14.6. The summed E-state index contributed by atoms with van der Waals surface area (Å²) >= 11 is 0. The Balaban J connectivity index is 1.54. The van der Waals surface area contributed by atoms with Crippen LogP contribution in [0.2, 0.25) is 0 Å². The van der Waals surface area contributed by atoms with Crippen LogP contribution >= 0.6 is 0 Å². The molecule has 6 nitrogen and oxygen atoms in total. The summed E-state index contributed by atoms with van der Waals surface area (Å²) in [7, 11) is 0. The molecule has 1 aliphatic rings. The summed E-state index contributed by atoms with van der Waals surface area (Å²) in [6.07, 6.45) is -2.63. The van der Waals surface area contributed by atoms with Crippen LogP contribution in [0.3, 0.4) is 0 Å². The number of fused-ring (bicyclic) bond motifs is 1. The fraction of sp³-hybridized carbons (Fsp3) is 0.350. The monoisotopic (exact) mass is 440 g/mol. The third kappa shape index (κ3) is 4.66. The summed E-state index contributed by atoms with van der Waals surface area (Å²) in [6, 6.07) is 7.15. The van der Waals surface area contributed by atoms with Crippen LogP contribution in [-0.4, -0.2) is 39.3 Å². The molecular formula is C20H19F5N5O+. The smallest absolute Gasteiger partial charge is 0.329 e. The van der Waals surface area contributed by atoms with Crippen LogP contribution in [0.5, 0.6) is 0 Å². The summed E-state index contributed by atoms with van der Waals surface area (Å²) in [6.45, 7) is 0.987. The Morgan fingerprint density at radius 2 is 1.90 bits per heavy atom. The number of alkyl halides is 5. The number of hydrogen-bond acceptors (Lipinski definition) is 3. The number of nitrogens with zero attached hydrogens (tertiary/aromatic N) is 3. The second-order valence-corrected chi connectivity index (χ2v) is 7.50. The molecule has 0 atom stereocenters. The van der Waals surface area contributed by atoms with Crippen molar-refractivity contribution in [3.8, 4) is 0 Å². The molecule has 4 heterocycles. The number of pyridine rings is 2. The van der Waals surface area contributed by atoms with E-state index in [2.05, 4.69) is 15.3 Å². The lowest BCUT2D eigenvalue weighted by molar-refractivity contribution is -0.921. The van der Waals surface area contributed by atoms with Gasteiger partial charge in [0.25, 0.3) is 11.8 Å². The average molecular weight is 440 g/mol. The van der Waals surface area contributed by atoms with Crippen molar-refractivity contribution in [2.45, 2.75) is 31.5 Å². The van der Waals surface area contributed by atoms with E-state index < -0.39 is 23.6 Å². The third-order valence-corrected chi connectivity index (χ3v) is 5.27. The maximum Gasteiger partial charge on any atom is 0.417 e. The van der Waals surface area contributed by atoms with E-state index >= 15 is 0 Å². The Bertz CT molecular complexity index is 1080. The normalized spacial score (nSPS) is 17.1. The summed E-state index contributed by atoms with van der Waals surface area (Å²) in [4.78, 5) is 21.7. The van der Waals surface area contributed by atoms with Crippen molar-refractivity contribution in [1.82, 2.24) is 14.4 Å². The van der Waals surface area contributed by atoms with E-state index in [1.807, 2.05) is 0 Å². The molecule has 4 rings (SSSR count). The van der Waals surface area contributed by atoms with Gasteiger partial charge in [-0.2, -0.15) is 13.2 Å². The Labute approximate surface area is 173 Å². The van der Waals surface area contributed by atoms with Crippen LogP contribution in [0.4, 0.5) is 27.8 Å². The van der Waals surface area contributed by atoms with Crippen LogP contribution in [-0.2, 0) is 12.7 Å². The molecule has 3 aromatic heterocycles. The minimum absolute atomic E-state index is 0.0361. The zero-order chi connectivity index (χ0) is 22.2. The van der Waals surface area contributed by atoms with E-state index in [1.54, 1.807) is 28.8 Å². The minimum Gasteiger partial charge on any atom is -0.329 e. The highest BCUT2D eigenvalue weighted by atomic mass is 19.4. The predicted octanol–water partition coefficient (Wildman–Crippen LogP) is 2.81. The molecule has 2 N–H and O–H groups in total. The first-order valence-electron chi connectivity index (χ1n) is 9.64. The number of amides is 1. The second kappa shape index (κ2) is 7.88. The fourth-order valence-corrected chi connectivity index (χ4v) is 3.58. The van der Waals surface area contributed by atoms with Gasteiger partial charge in [-0.05, 0) is 24.3 Å². The molecule has 0 aliphatic carbocycles. The number of carbonyl (C=O) groups is 1. The van der Waals surface area contributed by atoms with Gasteiger partial charge in [0.05, 0.1) is 37.0 Å². The van der Waals surface area contributed by atoms with Crippen LogP contribution in [0.15, 0.2) is 42.7 Å². The Hall–Kier alpha value is -3.08. The van der Waals surface area contributed by atoms with Crippen molar-refractivity contribution in [3.05, 3.63) is 59.8 Å². The number of hydrogen-bond donors (Lipinski definition) is 2. The zero-order valence-corrected chi connectivity index (χ0v) is 16.2. The molecule has 1 fully saturated rings. The maximum atomic E-state index is 13.4. The van der Waals surface area contributed by atoms with Crippen molar-refractivity contribution >= 4 is 17.2 Å². The minimum atomic E-state index is -4.52. The molecule has 0 bridgehead atoms. The van der Waals surface area contributed by atoms with Gasteiger partial charge in [-0.15, -0.1) is 0 Å². The molecule has 0 unspecified atom stereocenters. The van der Waals surface area contributed by atoms with Crippen LogP contribution in [0.1, 0.15) is 34.7 Å². The molecular weight excluding hydrogens is 421 g/mol. The summed E-state index contributed by atoms with van der Waals surface area (Å²) < 4.78 is 66.4. The molecule has 164 valence electrons. The quantitative estimate of drug-likeness (QED) is 0.614. The number of rotatable bonds is 4. The van der Waals surface area contributed by atoms with E-state index in [0.717, 1.165) is 17.0 Å². The standard InChI is InChI=1S/C20H18F5N5O/c21-19(22)6-9-29(10-7-19)12-14-15-3-1-2-8-30(15)17(27-14)18(31)28-16-5-4-13(11-26-16)20(23,24)25/h1-5,8,11H,6-7,9-10,12H2,(H,26,28,31)/p+1. The highest BCUT2D eigenvalue weighted by molar-refractivity contribution is 6.02. The molecule has 1 aliphatic heterocycles. The van der Waals surface area contributed by atoms with Crippen molar-refractivity contribution in [2.75, 3.05) is 18.4 Å². The molecule has 0 saturated carbocycles. The highest BCUT2D eigenvalue weighted by Crippen LogP contribution is 2.29.